The minimum absolute atomic E-state index is 0.0719. The number of methoxy groups -OCH3 is 1. The highest BCUT2D eigenvalue weighted by molar-refractivity contribution is 6.07. The summed E-state index contributed by atoms with van der Waals surface area (Å²) in [5.74, 6) is -4.03. The highest BCUT2D eigenvalue weighted by atomic mass is 19.4. The molecule has 0 atom stereocenters. The van der Waals surface area contributed by atoms with E-state index in [0.717, 1.165) is 43.6 Å². The monoisotopic (exact) mass is 527 g/mol. The highest BCUT2D eigenvalue weighted by Crippen LogP contribution is 2.46. The molecule has 0 saturated heterocycles. The number of hydrogen-bond donors (Lipinski definition) is 2. The zero-order chi connectivity index (χ0) is 27.0. The number of primary amides is 1. The van der Waals surface area contributed by atoms with Gasteiger partial charge in [-0.2, -0.15) is 0 Å². The zero-order valence-corrected chi connectivity index (χ0v) is 18.4. The van der Waals surface area contributed by atoms with E-state index < -0.39 is 41.7 Å². The van der Waals surface area contributed by atoms with Crippen molar-refractivity contribution in [3.63, 3.8) is 0 Å². The number of carbonyl (C=O) groups is 2. The number of nitrogens with one attached hydrogen (secondary N) is 1. The largest absolute Gasteiger partial charge is 0.586 e. The lowest BCUT2D eigenvalue weighted by Crippen LogP contribution is -2.25. The molecule has 0 bridgehead atoms. The molecule has 0 saturated carbocycles. The molecule has 0 spiro atoms. The van der Waals surface area contributed by atoms with Gasteiger partial charge in [-0.05, 0) is 24.3 Å². The van der Waals surface area contributed by atoms with Crippen molar-refractivity contribution in [1.29, 1.82) is 0 Å². The van der Waals surface area contributed by atoms with Crippen LogP contribution in [0.4, 0.5) is 27.6 Å². The summed E-state index contributed by atoms with van der Waals surface area (Å²) in [6, 6.07) is 7.24. The second-order valence-corrected chi connectivity index (χ2v) is 7.18. The number of halogens is 5. The lowest BCUT2D eigenvalue weighted by Gasteiger charge is -2.16. The third kappa shape index (κ3) is 5.88. The van der Waals surface area contributed by atoms with E-state index in [2.05, 4.69) is 24.5 Å². The van der Waals surface area contributed by atoms with E-state index in [1.54, 1.807) is 0 Å². The fraction of sp³-hybridized carbons (Fsp3) is 0.136. The van der Waals surface area contributed by atoms with Crippen molar-refractivity contribution in [2.24, 2.45) is 5.73 Å². The average molecular weight is 527 g/mol. The van der Waals surface area contributed by atoms with Crippen LogP contribution in [0.1, 0.15) is 20.8 Å². The predicted molar refractivity (Wildman–Crippen MR) is 113 cm³/mol. The third-order valence-corrected chi connectivity index (χ3v) is 4.61. The summed E-state index contributed by atoms with van der Waals surface area (Å²) < 4.78 is 88.1. The van der Waals surface area contributed by atoms with Gasteiger partial charge in [-0.15, -0.1) is 22.0 Å². The number of aromatic nitrogens is 1. The Balaban J connectivity index is 1.68. The molecule has 2 heterocycles. The summed E-state index contributed by atoms with van der Waals surface area (Å²) in [5.41, 5.74) is 4.82. The number of alkyl halides is 5. The molecule has 15 heteroatoms. The first kappa shape index (κ1) is 25.3. The molecule has 1 aliphatic rings. The average Bonchev–Trinajstić information content (AvgIpc) is 3.11. The molecule has 3 aromatic rings. The SMILES string of the molecule is COc1cc(OC(F)(F)F)ccc1Oc1cc2c(cc1C(=O)Nc1ccc(C(N)=O)nc1)OC(F)(F)O2. The van der Waals surface area contributed by atoms with Gasteiger partial charge in [-0.1, -0.05) is 0 Å². The maximum atomic E-state index is 13.6. The van der Waals surface area contributed by atoms with Crippen LogP contribution >= 0.6 is 0 Å². The number of nitrogens with zero attached hydrogens (tertiary/aromatic N) is 1. The molecular weight excluding hydrogens is 513 g/mol. The minimum Gasteiger partial charge on any atom is -0.493 e. The smallest absolute Gasteiger partial charge is 0.493 e. The normalized spacial score (nSPS) is 13.6. The van der Waals surface area contributed by atoms with Crippen LogP contribution in [0.2, 0.25) is 0 Å². The van der Waals surface area contributed by atoms with Gasteiger partial charge in [0.1, 0.15) is 17.2 Å². The predicted octanol–water partition coefficient (Wildman–Crippen LogP) is 4.45. The van der Waals surface area contributed by atoms with Gasteiger partial charge in [0.2, 0.25) is 0 Å². The van der Waals surface area contributed by atoms with Gasteiger partial charge < -0.3 is 34.7 Å². The lowest BCUT2D eigenvalue weighted by atomic mass is 10.1. The topological polar surface area (TPSA) is 131 Å². The van der Waals surface area contributed by atoms with Crippen LogP contribution in [0, 0.1) is 0 Å². The fourth-order valence-corrected chi connectivity index (χ4v) is 3.10. The van der Waals surface area contributed by atoms with E-state index in [-0.39, 0.29) is 34.2 Å². The Labute approximate surface area is 203 Å². The van der Waals surface area contributed by atoms with Crippen molar-refractivity contribution in [2.75, 3.05) is 12.4 Å². The molecule has 2 aromatic carbocycles. The van der Waals surface area contributed by atoms with Gasteiger partial charge in [0.15, 0.2) is 23.0 Å². The van der Waals surface area contributed by atoms with Gasteiger partial charge in [0.05, 0.1) is 24.6 Å². The van der Waals surface area contributed by atoms with Gasteiger partial charge in [-0.25, -0.2) is 4.98 Å². The number of fused-ring (bicyclic) bond motifs is 1. The standard InChI is InChI=1S/C22H14F5N3O7/c1-33-16-6-11(35-21(23,24)25)3-5-14(16)34-15-8-18-17(36-22(26,27)37-18)7-12(15)20(32)30-10-2-4-13(19(28)31)29-9-10/h2-9H,1H3,(H2,28,31)(H,30,32). The maximum Gasteiger partial charge on any atom is 0.586 e. The molecule has 1 aliphatic heterocycles. The number of benzene rings is 2. The van der Waals surface area contributed by atoms with Crippen LogP contribution in [-0.4, -0.2) is 36.6 Å². The minimum atomic E-state index is -4.97. The Bertz CT molecular complexity index is 1360. The molecule has 4 rings (SSSR count). The number of amides is 2. The van der Waals surface area contributed by atoms with E-state index in [9.17, 15) is 31.5 Å². The molecular formula is C22H14F5N3O7. The van der Waals surface area contributed by atoms with E-state index in [4.69, 9.17) is 15.2 Å². The van der Waals surface area contributed by atoms with Crippen molar-refractivity contribution < 1.29 is 55.2 Å². The molecule has 0 fully saturated rings. The Hall–Kier alpha value is -4.82. The summed E-state index contributed by atoms with van der Waals surface area (Å²) in [6.45, 7) is 0. The molecule has 2 amide bonds. The molecule has 37 heavy (non-hydrogen) atoms. The van der Waals surface area contributed by atoms with Crippen LogP contribution < -0.4 is 34.7 Å². The van der Waals surface area contributed by atoms with Crippen LogP contribution in [0.25, 0.3) is 0 Å². The Morgan fingerprint density at radius 3 is 2.30 bits per heavy atom. The van der Waals surface area contributed by atoms with Gasteiger partial charge in [0, 0.05) is 18.2 Å². The molecule has 0 aliphatic carbocycles. The Kier molecular flexibility index (Phi) is 6.37. The van der Waals surface area contributed by atoms with E-state index in [0.29, 0.717) is 0 Å². The third-order valence-electron chi connectivity index (χ3n) is 4.61. The summed E-state index contributed by atoms with van der Waals surface area (Å²) >= 11 is 0. The van der Waals surface area contributed by atoms with Crippen molar-refractivity contribution in [3.8, 4) is 34.5 Å². The van der Waals surface area contributed by atoms with Crippen LogP contribution in [-0.2, 0) is 0 Å². The van der Waals surface area contributed by atoms with E-state index >= 15 is 0 Å². The Morgan fingerprint density at radius 1 is 1.00 bits per heavy atom. The zero-order valence-electron chi connectivity index (χ0n) is 18.4. The highest BCUT2D eigenvalue weighted by Gasteiger charge is 2.44. The first-order valence-corrected chi connectivity index (χ1v) is 9.96. The number of anilines is 1. The molecule has 10 nitrogen and oxygen atoms in total. The quantitative estimate of drug-likeness (QED) is 0.431. The summed E-state index contributed by atoms with van der Waals surface area (Å²) in [4.78, 5) is 27.9. The van der Waals surface area contributed by atoms with Crippen molar-refractivity contribution in [1.82, 2.24) is 4.98 Å². The number of ether oxygens (including phenoxy) is 5. The first-order valence-electron chi connectivity index (χ1n) is 9.96. The van der Waals surface area contributed by atoms with Crippen molar-refractivity contribution in [3.05, 3.63) is 59.9 Å². The summed E-state index contributed by atoms with van der Waals surface area (Å²) in [7, 11) is 1.14. The van der Waals surface area contributed by atoms with E-state index in [1.807, 2.05) is 0 Å². The fourth-order valence-electron chi connectivity index (χ4n) is 3.10. The number of hydrogen-bond acceptors (Lipinski definition) is 8. The maximum absolute atomic E-state index is 13.6. The summed E-state index contributed by atoms with van der Waals surface area (Å²) in [6.07, 6.45) is -7.86. The summed E-state index contributed by atoms with van der Waals surface area (Å²) in [5, 5.41) is 2.43. The lowest BCUT2D eigenvalue weighted by molar-refractivity contribution is -0.286. The van der Waals surface area contributed by atoms with Crippen LogP contribution in [0.15, 0.2) is 48.7 Å². The first-order chi connectivity index (χ1) is 17.3. The molecule has 3 N–H and O–H groups in total. The second kappa shape index (κ2) is 9.33. The molecule has 1 aromatic heterocycles. The molecule has 194 valence electrons. The molecule has 0 radical (unpaired) electrons. The van der Waals surface area contributed by atoms with Crippen LogP contribution in [0.3, 0.4) is 0 Å². The Morgan fingerprint density at radius 2 is 1.70 bits per heavy atom. The number of rotatable bonds is 7. The van der Waals surface area contributed by atoms with Gasteiger partial charge >= 0.3 is 12.7 Å². The van der Waals surface area contributed by atoms with Crippen molar-refractivity contribution >= 4 is 17.5 Å². The van der Waals surface area contributed by atoms with Gasteiger partial charge in [-0.3, -0.25) is 9.59 Å². The van der Waals surface area contributed by atoms with Crippen LogP contribution in [0.5, 0.6) is 34.5 Å². The number of pyridine rings is 1. The number of carbonyl (C=O) groups excluding carboxylic acids is 2. The van der Waals surface area contributed by atoms with E-state index in [1.165, 1.54) is 12.1 Å². The second-order valence-electron chi connectivity index (χ2n) is 7.18. The number of nitrogens with two attached hydrogens (primary N) is 1. The molecule has 0 unspecified atom stereocenters. The van der Waals surface area contributed by atoms with Gasteiger partial charge in [0.25, 0.3) is 11.8 Å². The van der Waals surface area contributed by atoms with Crippen molar-refractivity contribution in [2.45, 2.75) is 12.7 Å².